The normalized spacial score (nSPS) is 10.4. The summed E-state index contributed by atoms with van der Waals surface area (Å²) in [4.78, 5) is 0. The molecule has 0 saturated carbocycles. The predicted molar refractivity (Wildman–Crippen MR) is 59.6 cm³/mol. The van der Waals surface area contributed by atoms with Gasteiger partial charge in [-0.25, -0.2) is 4.39 Å². The van der Waals surface area contributed by atoms with Crippen molar-refractivity contribution in [1.29, 1.82) is 0 Å². The van der Waals surface area contributed by atoms with Gasteiger partial charge >= 0.3 is 0 Å². The van der Waals surface area contributed by atoms with Crippen LogP contribution in [0.15, 0.2) is 22.7 Å². The molecule has 4 heteroatoms. The maximum Gasteiger partial charge on any atom is 0.127 e. The Morgan fingerprint density at radius 2 is 2.15 bits per heavy atom. The minimum absolute atomic E-state index is 0.162. The molecule has 72 valence electrons. The number of benzene rings is 1. The molecule has 0 aliphatic carbocycles. The second-order valence-corrected chi connectivity index (χ2v) is 4.31. The molecule has 0 unspecified atom stereocenters. The molecule has 0 amide bonds. The highest BCUT2D eigenvalue weighted by atomic mass is 79.9. The van der Waals surface area contributed by atoms with Crippen molar-refractivity contribution in [3.8, 4) is 0 Å². The maximum atomic E-state index is 13.1. The lowest BCUT2D eigenvalue weighted by atomic mass is 10.2. The largest absolute Gasteiger partial charge is 0.312 e. The van der Waals surface area contributed by atoms with Gasteiger partial charge in [0.1, 0.15) is 5.82 Å². The fourth-order valence-corrected chi connectivity index (χ4v) is 1.66. The zero-order chi connectivity index (χ0) is 9.68. The van der Waals surface area contributed by atoms with Crippen molar-refractivity contribution in [2.24, 2.45) is 0 Å². The lowest BCUT2D eigenvalue weighted by molar-refractivity contribution is 0.594. The Kier molecular flexibility index (Phi) is 4.91. The quantitative estimate of drug-likeness (QED) is 0.666. The van der Waals surface area contributed by atoms with Crippen LogP contribution in [0, 0.1) is 5.82 Å². The zero-order valence-electron chi connectivity index (χ0n) is 6.99. The van der Waals surface area contributed by atoms with Crippen LogP contribution in [0.2, 0.25) is 0 Å². The van der Waals surface area contributed by atoms with E-state index in [1.807, 2.05) is 0 Å². The molecule has 1 rings (SSSR count). The molecule has 1 N–H and O–H groups in total. The second kappa shape index (κ2) is 5.73. The fourth-order valence-electron chi connectivity index (χ4n) is 0.969. The first-order chi connectivity index (χ1) is 6.24. The SMILES string of the molecule is Fc1ccc(Br)cc1CNCCBr. The van der Waals surface area contributed by atoms with Crippen LogP contribution >= 0.6 is 31.9 Å². The van der Waals surface area contributed by atoms with Crippen molar-refractivity contribution in [2.75, 3.05) is 11.9 Å². The van der Waals surface area contributed by atoms with Gasteiger partial charge in [-0.1, -0.05) is 31.9 Å². The number of rotatable bonds is 4. The summed E-state index contributed by atoms with van der Waals surface area (Å²) >= 11 is 6.59. The summed E-state index contributed by atoms with van der Waals surface area (Å²) in [6.45, 7) is 1.41. The molecule has 0 fully saturated rings. The molecule has 0 bridgehead atoms. The van der Waals surface area contributed by atoms with Crippen LogP contribution in [-0.4, -0.2) is 11.9 Å². The van der Waals surface area contributed by atoms with Crippen LogP contribution in [0.1, 0.15) is 5.56 Å². The maximum absolute atomic E-state index is 13.1. The smallest absolute Gasteiger partial charge is 0.127 e. The van der Waals surface area contributed by atoms with Gasteiger partial charge in [0, 0.05) is 28.5 Å². The fraction of sp³-hybridized carbons (Fsp3) is 0.333. The molecule has 0 saturated heterocycles. The Balaban J connectivity index is 2.59. The van der Waals surface area contributed by atoms with Crippen molar-refractivity contribution in [1.82, 2.24) is 5.32 Å². The van der Waals surface area contributed by atoms with E-state index in [1.54, 1.807) is 12.1 Å². The van der Waals surface area contributed by atoms with Gasteiger partial charge in [0.25, 0.3) is 0 Å². The van der Waals surface area contributed by atoms with Crippen molar-refractivity contribution < 1.29 is 4.39 Å². The van der Waals surface area contributed by atoms with Gasteiger partial charge in [0.05, 0.1) is 0 Å². The van der Waals surface area contributed by atoms with Crippen molar-refractivity contribution in [3.63, 3.8) is 0 Å². The first kappa shape index (κ1) is 11.1. The van der Waals surface area contributed by atoms with Gasteiger partial charge in [-0.05, 0) is 18.2 Å². The van der Waals surface area contributed by atoms with Gasteiger partial charge < -0.3 is 5.32 Å². The van der Waals surface area contributed by atoms with E-state index in [-0.39, 0.29) is 5.82 Å². The van der Waals surface area contributed by atoms with Crippen LogP contribution in [0.3, 0.4) is 0 Å². The Morgan fingerprint density at radius 3 is 2.85 bits per heavy atom. The van der Waals surface area contributed by atoms with E-state index in [2.05, 4.69) is 37.2 Å². The minimum atomic E-state index is -0.162. The molecular weight excluding hydrogens is 301 g/mol. The van der Waals surface area contributed by atoms with Gasteiger partial charge in [0.2, 0.25) is 0 Å². The van der Waals surface area contributed by atoms with Crippen LogP contribution < -0.4 is 5.32 Å². The monoisotopic (exact) mass is 309 g/mol. The zero-order valence-corrected chi connectivity index (χ0v) is 10.2. The molecule has 0 radical (unpaired) electrons. The molecule has 0 spiro atoms. The number of hydrogen-bond donors (Lipinski definition) is 1. The van der Waals surface area contributed by atoms with Gasteiger partial charge in [0.15, 0.2) is 0 Å². The molecule has 1 aromatic carbocycles. The van der Waals surface area contributed by atoms with Crippen LogP contribution in [0.4, 0.5) is 4.39 Å². The van der Waals surface area contributed by atoms with Crippen LogP contribution in [0.5, 0.6) is 0 Å². The van der Waals surface area contributed by atoms with Crippen molar-refractivity contribution >= 4 is 31.9 Å². The molecule has 0 aliphatic heterocycles. The Hall–Kier alpha value is 0.0700. The van der Waals surface area contributed by atoms with Crippen molar-refractivity contribution in [2.45, 2.75) is 6.54 Å². The van der Waals surface area contributed by atoms with E-state index in [0.29, 0.717) is 12.1 Å². The first-order valence-electron chi connectivity index (χ1n) is 3.94. The molecule has 13 heavy (non-hydrogen) atoms. The van der Waals surface area contributed by atoms with Gasteiger partial charge in [-0.3, -0.25) is 0 Å². The van der Waals surface area contributed by atoms with E-state index in [9.17, 15) is 4.39 Å². The van der Waals surface area contributed by atoms with Crippen LogP contribution in [-0.2, 0) is 6.54 Å². The first-order valence-corrected chi connectivity index (χ1v) is 5.86. The van der Waals surface area contributed by atoms with E-state index in [4.69, 9.17) is 0 Å². The highest BCUT2D eigenvalue weighted by Crippen LogP contribution is 2.15. The minimum Gasteiger partial charge on any atom is -0.312 e. The number of hydrogen-bond acceptors (Lipinski definition) is 1. The van der Waals surface area contributed by atoms with E-state index in [1.165, 1.54) is 6.07 Å². The Labute approximate surface area is 94.0 Å². The summed E-state index contributed by atoms with van der Waals surface area (Å²) in [7, 11) is 0. The Bertz CT molecular complexity index is 278. The third kappa shape index (κ3) is 3.75. The van der Waals surface area contributed by atoms with Gasteiger partial charge in [-0.2, -0.15) is 0 Å². The summed E-state index contributed by atoms with van der Waals surface area (Å²) < 4.78 is 14.0. The summed E-state index contributed by atoms with van der Waals surface area (Å²) in [5.41, 5.74) is 0.690. The van der Waals surface area contributed by atoms with E-state index in [0.717, 1.165) is 16.3 Å². The number of nitrogens with one attached hydrogen (secondary N) is 1. The average Bonchev–Trinajstić information content (AvgIpc) is 2.11. The lowest BCUT2D eigenvalue weighted by Gasteiger charge is -2.04. The molecule has 0 aromatic heterocycles. The third-order valence-corrected chi connectivity index (χ3v) is 2.48. The highest BCUT2D eigenvalue weighted by molar-refractivity contribution is 9.10. The summed E-state index contributed by atoms with van der Waals surface area (Å²) in [5.74, 6) is -0.162. The summed E-state index contributed by atoms with van der Waals surface area (Å²) in [6, 6.07) is 4.95. The third-order valence-electron chi connectivity index (χ3n) is 1.59. The summed E-state index contributed by atoms with van der Waals surface area (Å²) in [5, 5.41) is 3.99. The number of halogens is 3. The van der Waals surface area contributed by atoms with E-state index < -0.39 is 0 Å². The topological polar surface area (TPSA) is 12.0 Å². The Morgan fingerprint density at radius 1 is 1.38 bits per heavy atom. The van der Waals surface area contributed by atoms with Crippen LogP contribution in [0.25, 0.3) is 0 Å². The molecule has 1 nitrogen and oxygen atoms in total. The predicted octanol–water partition coefficient (Wildman–Crippen LogP) is 3.07. The standard InChI is InChI=1S/C9H10Br2FN/c10-3-4-13-6-7-5-8(11)1-2-9(7)12/h1-2,5,13H,3-4,6H2. The molecular formula is C9H10Br2FN. The molecule has 0 heterocycles. The van der Waals surface area contributed by atoms with Crippen molar-refractivity contribution in [3.05, 3.63) is 34.1 Å². The summed E-state index contributed by atoms with van der Waals surface area (Å²) in [6.07, 6.45) is 0. The van der Waals surface area contributed by atoms with Gasteiger partial charge in [-0.15, -0.1) is 0 Å². The lowest BCUT2D eigenvalue weighted by Crippen LogP contribution is -2.16. The second-order valence-electron chi connectivity index (χ2n) is 2.60. The molecule has 0 atom stereocenters. The highest BCUT2D eigenvalue weighted by Gasteiger charge is 2.01. The van der Waals surface area contributed by atoms with E-state index >= 15 is 0 Å². The molecule has 0 aliphatic rings. The molecule has 1 aromatic rings. The average molecular weight is 311 g/mol. The number of alkyl halides is 1.